The smallest absolute Gasteiger partial charge is 0.306 e. The molecule has 0 spiro atoms. The van der Waals surface area contributed by atoms with E-state index >= 15 is 0 Å². The predicted octanol–water partition coefficient (Wildman–Crippen LogP) is 15.4. The van der Waals surface area contributed by atoms with E-state index in [0.717, 1.165) is 96.3 Å². The SMILES string of the molecule is CC/C=C\C/C=C\C/C=C\C/C=C\C/C=C\C/C=C\C/C=C\C/C=C\C/C=C\C/C=C\CCCCC(=O)OC(COC(=O)CCCCCCCCCCCCC)COP(=O)([O-])OCC[N+](C)(C)C. The zero-order chi connectivity index (χ0) is 49.9. The maximum Gasteiger partial charge on any atom is 0.306 e. The third kappa shape index (κ3) is 51.8. The number of likely N-dealkylation sites (N-methyl/N-ethyl adjacent to an activating group) is 1. The number of quaternary nitrogens is 1. The highest BCUT2D eigenvalue weighted by atomic mass is 31.2. The molecule has 0 aliphatic carbocycles. The molecule has 2 unspecified atom stereocenters. The van der Waals surface area contributed by atoms with Crippen molar-refractivity contribution in [2.75, 3.05) is 47.5 Å². The largest absolute Gasteiger partial charge is 0.756 e. The van der Waals surface area contributed by atoms with Crippen molar-refractivity contribution in [3.63, 3.8) is 0 Å². The van der Waals surface area contributed by atoms with Crippen LogP contribution in [-0.4, -0.2) is 70.0 Å². The summed E-state index contributed by atoms with van der Waals surface area (Å²) < 4.78 is 33.9. The van der Waals surface area contributed by atoms with Gasteiger partial charge in [0.1, 0.15) is 19.8 Å². The zero-order valence-electron chi connectivity index (χ0n) is 43.5. The average molecular weight is 966 g/mol. The Morgan fingerprint density at radius 3 is 1.25 bits per heavy atom. The third-order valence-electron chi connectivity index (χ3n) is 10.5. The Balaban J connectivity index is 4.29. The fraction of sp³-hybridized carbons (Fsp3) is 0.621. The maximum absolute atomic E-state index is 12.7. The van der Waals surface area contributed by atoms with E-state index in [2.05, 4.69) is 135 Å². The van der Waals surface area contributed by atoms with Gasteiger partial charge in [-0.2, -0.15) is 0 Å². The lowest BCUT2D eigenvalue weighted by atomic mass is 10.1. The molecule has 0 heterocycles. The second kappa shape index (κ2) is 48.4. The molecule has 0 saturated heterocycles. The lowest BCUT2D eigenvalue weighted by Crippen LogP contribution is -2.37. The Kier molecular flexibility index (Phi) is 45.9. The Hall–Kier alpha value is -3.59. The molecule has 10 heteroatoms. The van der Waals surface area contributed by atoms with Crippen molar-refractivity contribution in [1.29, 1.82) is 0 Å². The molecule has 0 radical (unpaired) electrons. The van der Waals surface area contributed by atoms with Crippen LogP contribution < -0.4 is 4.89 Å². The van der Waals surface area contributed by atoms with E-state index in [-0.39, 0.29) is 26.1 Å². The van der Waals surface area contributed by atoms with Crippen LogP contribution in [0.5, 0.6) is 0 Å². The monoisotopic (exact) mass is 966 g/mol. The number of unbranched alkanes of at least 4 members (excludes halogenated alkanes) is 12. The van der Waals surface area contributed by atoms with E-state index in [1.54, 1.807) is 0 Å². The minimum absolute atomic E-state index is 0.0451. The van der Waals surface area contributed by atoms with Crippen molar-refractivity contribution >= 4 is 19.8 Å². The predicted molar refractivity (Wildman–Crippen MR) is 286 cm³/mol. The van der Waals surface area contributed by atoms with Crippen molar-refractivity contribution in [1.82, 2.24) is 0 Å². The molecular weight excluding hydrogens is 870 g/mol. The highest BCUT2D eigenvalue weighted by Gasteiger charge is 2.21. The van der Waals surface area contributed by atoms with Crippen molar-refractivity contribution < 1.29 is 42.1 Å². The topological polar surface area (TPSA) is 111 Å². The van der Waals surface area contributed by atoms with Crippen LogP contribution in [0.15, 0.2) is 122 Å². The molecule has 0 aliphatic rings. The summed E-state index contributed by atoms with van der Waals surface area (Å²) >= 11 is 0. The summed E-state index contributed by atoms with van der Waals surface area (Å²) in [4.78, 5) is 37.6. The summed E-state index contributed by atoms with van der Waals surface area (Å²) in [6.45, 7) is 4.03. The minimum atomic E-state index is -4.65. The standard InChI is InChI=1S/C58H96NO8P/c1-6-8-10-12-14-16-18-19-20-21-22-23-24-25-26-27-28-29-30-31-32-33-34-35-36-37-38-39-41-43-45-47-49-51-58(61)67-56(55-66-68(62,63)65-53-52-59(3,4)5)54-64-57(60)50-48-46-44-42-40-17-15-13-11-9-7-2/h8,10,14,16,19-20,22-23,25-26,28-29,31-32,34-35,37-38,41,43,56H,6-7,9,11-13,15,17-18,21,24,27,30,33,36,39-40,42,44-55H2,1-5H3/b10-8-,16-14-,20-19-,23-22-,26-25-,29-28-,32-31-,35-34-,38-37-,43-41-. The quantitative estimate of drug-likeness (QED) is 0.0195. The van der Waals surface area contributed by atoms with E-state index in [9.17, 15) is 19.0 Å². The molecule has 68 heavy (non-hydrogen) atoms. The van der Waals surface area contributed by atoms with Gasteiger partial charge in [-0.25, -0.2) is 0 Å². The van der Waals surface area contributed by atoms with Gasteiger partial charge in [-0.15, -0.1) is 0 Å². The van der Waals surface area contributed by atoms with Gasteiger partial charge in [-0.3, -0.25) is 14.2 Å². The Bertz CT molecular complexity index is 1560. The number of carbonyl (C=O) groups excluding carboxylic acids is 2. The molecule has 386 valence electrons. The zero-order valence-corrected chi connectivity index (χ0v) is 44.4. The lowest BCUT2D eigenvalue weighted by molar-refractivity contribution is -0.870. The highest BCUT2D eigenvalue weighted by Crippen LogP contribution is 2.38. The molecule has 0 saturated carbocycles. The van der Waals surface area contributed by atoms with Crippen LogP contribution >= 0.6 is 7.82 Å². The van der Waals surface area contributed by atoms with Gasteiger partial charge in [0, 0.05) is 12.8 Å². The molecule has 0 fully saturated rings. The van der Waals surface area contributed by atoms with Crippen LogP contribution in [0.4, 0.5) is 0 Å². The number of phosphoric ester groups is 1. The molecule has 0 aromatic rings. The van der Waals surface area contributed by atoms with E-state index in [4.69, 9.17) is 18.5 Å². The van der Waals surface area contributed by atoms with Crippen LogP contribution in [0.25, 0.3) is 0 Å². The molecule has 0 aromatic carbocycles. The number of rotatable bonds is 46. The second-order valence-corrected chi connectivity index (χ2v) is 19.6. The highest BCUT2D eigenvalue weighted by molar-refractivity contribution is 7.45. The van der Waals surface area contributed by atoms with E-state index in [1.807, 2.05) is 21.1 Å². The van der Waals surface area contributed by atoms with Gasteiger partial charge < -0.3 is 27.9 Å². The number of hydrogen-bond acceptors (Lipinski definition) is 8. The number of esters is 2. The molecule has 9 nitrogen and oxygen atoms in total. The summed E-state index contributed by atoms with van der Waals surface area (Å²) in [5.74, 6) is -0.895. The first-order valence-electron chi connectivity index (χ1n) is 26.2. The van der Waals surface area contributed by atoms with E-state index in [1.165, 1.54) is 51.4 Å². The van der Waals surface area contributed by atoms with Gasteiger partial charge in [-0.05, 0) is 89.9 Å². The maximum atomic E-state index is 12.7. The lowest BCUT2D eigenvalue weighted by Gasteiger charge is -2.28. The first kappa shape index (κ1) is 64.4. The summed E-state index contributed by atoms with van der Waals surface area (Å²) in [5, 5.41) is 0. The Labute approximate surface area is 416 Å². The molecule has 0 bridgehead atoms. The van der Waals surface area contributed by atoms with Crippen LogP contribution in [0.3, 0.4) is 0 Å². The fourth-order valence-corrected chi connectivity index (χ4v) is 7.17. The second-order valence-electron chi connectivity index (χ2n) is 18.2. The first-order valence-corrected chi connectivity index (χ1v) is 27.7. The van der Waals surface area contributed by atoms with Gasteiger partial charge in [0.25, 0.3) is 7.82 Å². The molecule has 0 N–H and O–H groups in total. The minimum Gasteiger partial charge on any atom is -0.756 e. The van der Waals surface area contributed by atoms with Crippen molar-refractivity contribution in [2.45, 2.75) is 187 Å². The molecular formula is C58H96NO8P. The van der Waals surface area contributed by atoms with Crippen LogP contribution in [-0.2, 0) is 32.7 Å². The third-order valence-corrected chi connectivity index (χ3v) is 11.5. The van der Waals surface area contributed by atoms with Crippen LogP contribution in [0.2, 0.25) is 0 Å². The van der Waals surface area contributed by atoms with Crippen molar-refractivity contribution in [3.8, 4) is 0 Å². The Morgan fingerprint density at radius 1 is 0.471 bits per heavy atom. The molecule has 0 amide bonds. The van der Waals surface area contributed by atoms with Gasteiger partial charge >= 0.3 is 11.9 Å². The number of allylic oxidation sites excluding steroid dienone is 20. The first-order chi connectivity index (χ1) is 33.0. The van der Waals surface area contributed by atoms with Crippen molar-refractivity contribution in [2.24, 2.45) is 0 Å². The Morgan fingerprint density at radius 2 is 0.838 bits per heavy atom. The van der Waals surface area contributed by atoms with Gasteiger partial charge in [0.2, 0.25) is 0 Å². The van der Waals surface area contributed by atoms with Crippen molar-refractivity contribution in [3.05, 3.63) is 122 Å². The number of carbonyl (C=O) groups is 2. The number of ether oxygens (including phenoxy) is 2. The average Bonchev–Trinajstić information content (AvgIpc) is 3.30. The number of nitrogens with zero attached hydrogens (tertiary/aromatic N) is 1. The molecule has 0 aliphatic heterocycles. The van der Waals surface area contributed by atoms with Crippen LogP contribution in [0.1, 0.15) is 181 Å². The summed E-state index contributed by atoms with van der Waals surface area (Å²) in [7, 11) is 1.12. The molecule has 0 aromatic heterocycles. The van der Waals surface area contributed by atoms with E-state index in [0.29, 0.717) is 17.4 Å². The summed E-state index contributed by atoms with van der Waals surface area (Å²) in [6, 6.07) is 0. The summed E-state index contributed by atoms with van der Waals surface area (Å²) in [6.07, 6.45) is 68.2. The molecule has 2 atom stereocenters. The molecule has 0 rings (SSSR count). The number of hydrogen-bond donors (Lipinski definition) is 0. The fourth-order valence-electron chi connectivity index (χ4n) is 6.45. The van der Waals surface area contributed by atoms with Gasteiger partial charge in [0.15, 0.2) is 6.10 Å². The summed E-state index contributed by atoms with van der Waals surface area (Å²) in [5.41, 5.74) is 0. The normalized spacial score (nSPS) is 14.4. The van der Waals surface area contributed by atoms with Gasteiger partial charge in [0.05, 0.1) is 27.7 Å². The van der Waals surface area contributed by atoms with Gasteiger partial charge in [-0.1, -0.05) is 200 Å². The number of phosphoric acid groups is 1. The van der Waals surface area contributed by atoms with Crippen LogP contribution in [0, 0.1) is 0 Å². The van der Waals surface area contributed by atoms with E-state index < -0.39 is 32.5 Å².